The van der Waals surface area contributed by atoms with Crippen LogP contribution in [0, 0.1) is 13.8 Å². The van der Waals surface area contributed by atoms with Crippen molar-refractivity contribution in [2.75, 3.05) is 28.4 Å². The summed E-state index contributed by atoms with van der Waals surface area (Å²) in [6.45, 7) is 11.8. The van der Waals surface area contributed by atoms with Gasteiger partial charge in [0.15, 0.2) is 0 Å². The maximum Gasteiger partial charge on any atom is 0.310 e. The van der Waals surface area contributed by atoms with Crippen molar-refractivity contribution < 1.29 is 57.5 Å². The summed E-state index contributed by atoms with van der Waals surface area (Å²) in [7, 11) is 6.61. The normalized spacial score (nSPS) is 22.9. The monoisotopic (exact) mass is 850 g/mol. The molecule has 2 aromatic carbocycles. The summed E-state index contributed by atoms with van der Waals surface area (Å²) in [5, 5.41) is 17.2. The number of ether oxygens (including phenoxy) is 6. The first kappa shape index (κ1) is 50.1. The molecule has 14 nitrogen and oxygen atoms in total. The quantitative estimate of drug-likeness (QED) is 0.169. The largest absolute Gasteiger partial charge is 0.509 e. The SMILES string of the molecule is C.CC(=O)OC(C)=O.CCc1cc(C)cc(OC)c1C1=C(O)C2(CCC(OC)CC2)NC1=O.CCc1cc(C)cc(OC)c1C1=C(OC(C)=O)C2(CCC(OC)CC2)NC1=O. The molecule has 3 N–H and O–H groups in total. The number of rotatable bonds is 9. The standard InChI is InChI=1S/C22H29NO5.C20H27NO4.C4H6O3.CH4/c1-6-15-11-13(2)12-17(27-5)18(15)19-20(28-14(3)24)22(23-21(19)25)9-7-16(26-4)8-10-22;1-5-13-10-12(2)11-15(25-4)16(13)17-18(22)20(21-19(17)23)8-6-14(24-3)7-9-20;1-3(5)7-4(2)6;/h11-12,16H,6-10H2,1-5H3,(H,23,25);10-11,14,22H,5-9H2,1-4H3,(H,21,23);1-2H3;1H4. The lowest BCUT2D eigenvalue weighted by molar-refractivity contribution is -0.156. The topological polar surface area (TPSA) is 185 Å². The number of carbonyl (C=O) groups is 5. The number of aryl methyl sites for hydroxylation is 4. The third kappa shape index (κ3) is 11.2. The first-order valence-electron chi connectivity index (χ1n) is 20.6. The van der Waals surface area contributed by atoms with Crippen molar-refractivity contribution >= 4 is 40.9 Å². The zero-order valence-electron chi connectivity index (χ0n) is 37.0. The lowest BCUT2D eigenvalue weighted by Gasteiger charge is -2.37. The van der Waals surface area contributed by atoms with Gasteiger partial charge in [0.1, 0.15) is 23.0 Å². The second-order valence-electron chi connectivity index (χ2n) is 15.8. The third-order valence-electron chi connectivity index (χ3n) is 11.6. The van der Waals surface area contributed by atoms with Crippen LogP contribution in [0.3, 0.4) is 0 Å². The molecule has 61 heavy (non-hydrogen) atoms. The summed E-state index contributed by atoms with van der Waals surface area (Å²) < 4.78 is 31.7. The molecule has 0 radical (unpaired) electrons. The predicted molar refractivity (Wildman–Crippen MR) is 232 cm³/mol. The minimum absolute atomic E-state index is 0. The van der Waals surface area contributed by atoms with Crippen LogP contribution in [0.15, 0.2) is 35.8 Å². The van der Waals surface area contributed by atoms with E-state index in [1.165, 1.54) is 20.8 Å². The second kappa shape index (κ2) is 21.5. The Hall–Kier alpha value is -5.21. The Morgan fingerprint density at radius 3 is 1.41 bits per heavy atom. The number of hydrogen-bond acceptors (Lipinski definition) is 12. The van der Waals surface area contributed by atoms with Crippen LogP contribution in [0.25, 0.3) is 11.1 Å². The number of aliphatic hydroxyl groups excluding tert-OH is 1. The molecule has 6 rings (SSSR count). The molecule has 2 saturated carbocycles. The molecular weight excluding hydrogens is 785 g/mol. The minimum atomic E-state index is -0.673. The van der Waals surface area contributed by atoms with Crippen LogP contribution in [0.2, 0.25) is 0 Å². The summed E-state index contributed by atoms with van der Waals surface area (Å²) in [6, 6.07) is 7.93. The van der Waals surface area contributed by atoms with E-state index in [4.69, 9.17) is 23.7 Å². The molecule has 0 saturated heterocycles. The van der Waals surface area contributed by atoms with Crippen molar-refractivity contribution in [3.05, 3.63) is 69.2 Å². The molecule has 2 aliphatic carbocycles. The van der Waals surface area contributed by atoms with E-state index < -0.39 is 29.0 Å². The number of nitrogens with one attached hydrogen (secondary N) is 2. The fraction of sp³-hybridized carbons (Fsp3) is 0.553. The number of amides is 2. The Kier molecular flexibility index (Phi) is 17.7. The average Bonchev–Trinajstić information content (AvgIpc) is 3.59. The average molecular weight is 851 g/mol. The van der Waals surface area contributed by atoms with Gasteiger partial charge in [-0.05, 0) is 112 Å². The van der Waals surface area contributed by atoms with E-state index in [0.29, 0.717) is 54.1 Å². The molecule has 0 bridgehead atoms. The van der Waals surface area contributed by atoms with Crippen LogP contribution in [-0.2, 0) is 55.8 Å². The molecule has 0 atom stereocenters. The highest BCUT2D eigenvalue weighted by molar-refractivity contribution is 6.25. The van der Waals surface area contributed by atoms with Crippen LogP contribution in [-0.4, -0.2) is 86.6 Å². The molecule has 2 amide bonds. The van der Waals surface area contributed by atoms with Crippen molar-refractivity contribution in [3.8, 4) is 11.5 Å². The van der Waals surface area contributed by atoms with Crippen LogP contribution < -0.4 is 20.1 Å². The molecule has 14 heteroatoms. The Morgan fingerprint density at radius 2 is 1.05 bits per heavy atom. The van der Waals surface area contributed by atoms with Gasteiger partial charge in [0.2, 0.25) is 0 Å². The number of carbonyl (C=O) groups excluding carboxylic acids is 5. The Labute approximate surface area is 360 Å². The lowest BCUT2D eigenvalue weighted by atomic mass is 9.79. The van der Waals surface area contributed by atoms with Gasteiger partial charge < -0.3 is 44.2 Å². The molecule has 0 aromatic heterocycles. The number of hydrogen-bond donors (Lipinski definition) is 3. The Bertz CT molecular complexity index is 1950. The molecule has 2 spiro atoms. The van der Waals surface area contributed by atoms with E-state index in [9.17, 15) is 29.1 Å². The van der Waals surface area contributed by atoms with Gasteiger partial charge in [0, 0.05) is 46.1 Å². The van der Waals surface area contributed by atoms with Gasteiger partial charge in [-0.2, -0.15) is 0 Å². The van der Waals surface area contributed by atoms with Crippen LogP contribution in [0.4, 0.5) is 0 Å². The van der Waals surface area contributed by atoms with Crippen LogP contribution >= 0.6 is 0 Å². The van der Waals surface area contributed by atoms with Gasteiger partial charge in [-0.15, -0.1) is 0 Å². The fourth-order valence-electron chi connectivity index (χ4n) is 8.77. The predicted octanol–water partition coefficient (Wildman–Crippen LogP) is 7.32. The highest BCUT2D eigenvalue weighted by atomic mass is 16.6. The maximum atomic E-state index is 13.2. The number of methoxy groups -OCH3 is 4. The zero-order chi connectivity index (χ0) is 44.5. The third-order valence-corrected chi connectivity index (χ3v) is 11.6. The molecule has 4 aliphatic rings. The molecule has 0 unspecified atom stereocenters. The van der Waals surface area contributed by atoms with Gasteiger partial charge in [0.25, 0.3) is 11.8 Å². The van der Waals surface area contributed by atoms with Crippen molar-refractivity contribution in [1.29, 1.82) is 0 Å². The van der Waals surface area contributed by atoms with Crippen molar-refractivity contribution in [3.63, 3.8) is 0 Å². The van der Waals surface area contributed by atoms with E-state index in [1.807, 2.05) is 39.8 Å². The number of benzene rings is 2. The van der Waals surface area contributed by atoms with E-state index in [1.54, 1.807) is 28.4 Å². The van der Waals surface area contributed by atoms with Crippen LogP contribution in [0.5, 0.6) is 11.5 Å². The number of aliphatic hydroxyl groups is 1. The van der Waals surface area contributed by atoms with E-state index >= 15 is 0 Å². The van der Waals surface area contributed by atoms with Gasteiger partial charge in [-0.3, -0.25) is 24.0 Å². The summed E-state index contributed by atoms with van der Waals surface area (Å²) in [6.07, 6.45) is 7.76. The van der Waals surface area contributed by atoms with E-state index in [-0.39, 0.29) is 37.2 Å². The number of esters is 3. The lowest BCUT2D eigenvalue weighted by Crippen LogP contribution is -2.49. The summed E-state index contributed by atoms with van der Waals surface area (Å²) >= 11 is 0. The summed E-state index contributed by atoms with van der Waals surface area (Å²) in [5.74, 6) is -0.152. The van der Waals surface area contributed by atoms with Crippen LogP contribution in [0.1, 0.15) is 127 Å². The van der Waals surface area contributed by atoms with Crippen molar-refractivity contribution in [2.45, 2.75) is 143 Å². The highest BCUT2D eigenvalue weighted by Gasteiger charge is 2.51. The Balaban J connectivity index is 0.000000279. The van der Waals surface area contributed by atoms with E-state index in [0.717, 1.165) is 71.9 Å². The minimum Gasteiger partial charge on any atom is -0.509 e. The molecule has 336 valence electrons. The zero-order valence-corrected chi connectivity index (χ0v) is 37.0. The van der Waals surface area contributed by atoms with Gasteiger partial charge in [-0.1, -0.05) is 33.4 Å². The van der Waals surface area contributed by atoms with Crippen molar-refractivity contribution in [2.24, 2.45) is 0 Å². The smallest absolute Gasteiger partial charge is 0.310 e. The molecule has 2 aliphatic heterocycles. The maximum absolute atomic E-state index is 13.2. The summed E-state index contributed by atoms with van der Waals surface area (Å²) in [4.78, 5) is 57.5. The van der Waals surface area contributed by atoms with Gasteiger partial charge in [0.05, 0.1) is 48.7 Å². The second-order valence-corrected chi connectivity index (χ2v) is 15.8. The van der Waals surface area contributed by atoms with Gasteiger partial charge >= 0.3 is 17.9 Å². The molecule has 2 fully saturated rings. The molecule has 2 aromatic rings. The molecular formula is C47H66N2O12. The first-order valence-corrected chi connectivity index (χ1v) is 20.6. The summed E-state index contributed by atoms with van der Waals surface area (Å²) in [5.41, 5.74) is 5.02. The highest BCUT2D eigenvalue weighted by Crippen LogP contribution is 2.47. The fourth-order valence-corrected chi connectivity index (χ4v) is 8.77. The first-order chi connectivity index (χ1) is 28.4. The van der Waals surface area contributed by atoms with Gasteiger partial charge in [-0.25, -0.2) is 0 Å². The Morgan fingerprint density at radius 1 is 0.656 bits per heavy atom. The molecule has 2 heterocycles. The van der Waals surface area contributed by atoms with E-state index in [2.05, 4.69) is 27.5 Å². The van der Waals surface area contributed by atoms with Crippen molar-refractivity contribution in [1.82, 2.24) is 10.6 Å².